The molecule has 0 aliphatic heterocycles. The zero-order chi connectivity index (χ0) is 16.0. The molecule has 0 unspecified atom stereocenters. The summed E-state index contributed by atoms with van der Waals surface area (Å²) in [6.07, 6.45) is 0.532. The highest BCUT2D eigenvalue weighted by molar-refractivity contribution is 6.03. The zero-order valence-corrected chi connectivity index (χ0v) is 12.8. The second-order valence-corrected chi connectivity index (χ2v) is 5.17. The minimum atomic E-state index is -0.911. The molecule has 2 rings (SSSR count). The first-order valence-corrected chi connectivity index (χ1v) is 7.20. The molecule has 22 heavy (non-hydrogen) atoms. The van der Waals surface area contributed by atoms with E-state index >= 15 is 0 Å². The molecule has 0 amide bonds. The van der Waals surface area contributed by atoms with Gasteiger partial charge in [-0.1, -0.05) is 43.3 Å². The first kappa shape index (κ1) is 15.8. The molecular formula is C18H20N2O2. The molecule has 0 saturated carbocycles. The van der Waals surface area contributed by atoms with E-state index in [9.17, 15) is 0 Å². The summed E-state index contributed by atoms with van der Waals surface area (Å²) < 4.78 is 11.2. The van der Waals surface area contributed by atoms with Crippen LogP contribution in [0.4, 0.5) is 0 Å². The van der Waals surface area contributed by atoms with Crippen molar-refractivity contribution in [3.05, 3.63) is 60.7 Å². The summed E-state index contributed by atoms with van der Waals surface area (Å²) in [5, 5.41) is 16.5. The van der Waals surface area contributed by atoms with E-state index in [-0.39, 0.29) is 11.8 Å². The topological polar surface area (TPSA) is 66.2 Å². The Morgan fingerprint density at radius 2 is 1.18 bits per heavy atom. The number of nitrogens with one attached hydrogen (secondary N) is 2. The maximum absolute atomic E-state index is 8.23. The van der Waals surface area contributed by atoms with E-state index < -0.39 is 5.41 Å². The standard InChI is InChI=1S/C18H20N2O2/c1-3-18(2,16(19)21-14-10-6-4-7-11-14)17(20)22-15-12-8-5-9-13-15/h4-13,19-20H,3H2,1-2H3. The normalized spacial score (nSPS) is 13.0. The predicted molar refractivity (Wildman–Crippen MR) is 88.0 cm³/mol. The summed E-state index contributed by atoms with van der Waals surface area (Å²) in [6.45, 7) is 3.69. The smallest absolute Gasteiger partial charge is 0.202 e. The van der Waals surface area contributed by atoms with Gasteiger partial charge in [0.15, 0.2) is 0 Å². The Bertz CT molecular complexity index is 585. The van der Waals surface area contributed by atoms with E-state index in [4.69, 9.17) is 20.3 Å². The summed E-state index contributed by atoms with van der Waals surface area (Å²) in [5.74, 6) is 1.17. The quantitative estimate of drug-likeness (QED) is 0.629. The third-order valence-corrected chi connectivity index (χ3v) is 3.64. The highest BCUT2D eigenvalue weighted by atomic mass is 16.5. The van der Waals surface area contributed by atoms with Gasteiger partial charge in [0.25, 0.3) is 0 Å². The Labute approximate surface area is 130 Å². The first-order valence-electron chi connectivity index (χ1n) is 7.20. The Balaban J connectivity index is 2.13. The molecule has 114 valence electrons. The molecule has 0 spiro atoms. The van der Waals surface area contributed by atoms with Crippen LogP contribution < -0.4 is 9.47 Å². The molecule has 0 aliphatic rings. The predicted octanol–water partition coefficient (Wildman–Crippen LogP) is 4.52. The molecule has 4 nitrogen and oxygen atoms in total. The second-order valence-electron chi connectivity index (χ2n) is 5.17. The van der Waals surface area contributed by atoms with E-state index in [1.807, 2.05) is 43.3 Å². The second kappa shape index (κ2) is 6.89. The summed E-state index contributed by atoms with van der Waals surface area (Å²) >= 11 is 0. The molecule has 0 saturated heterocycles. The van der Waals surface area contributed by atoms with Crippen LogP contribution in [0.3, 0.4) is 0 Å². The summed E-state index contributed by atoms with van der Waals surface area (Å²) in [5.41, 5.74) is -0.911. The Hall–Kier alpha value is -2.62. The molecule has 2 aromatic carbocycles. The van der Waals surface area contributed by atoms with Crippen LogP contribution in [0.2, 0.25) is 0 Å². The Morgan fingerprint density at radius 3 is 1.50 bits per heavy atom. The lowest BCUT2D eigenvalue weighted by atomic mass is 9.87. The summed E-state index contributed by atoms with van der Waals surface area (Å²) in [6, 6.07) is 18.3. The maximum atomic E-state index is 8.23. The van der Waals surface area contributed by atoms with Crippen LogP contribution in [0, 0.1) is 16.2 Å². The van der Waals surface area contributed by atoms with Crippen molar-refractivity contribution in [1.82, 2.24) is 0 Å². The van der Waals surface area contributed by atoms with E-state index in [0.29, 0.717) is 17.9 Å². The molecule has 0 aromatic heterocycles. The van der Waals surface area contributed by atoms with Crippen molar-refractivity contribution < 1.29 is 9.47 Å². The molecule has 0 heterocycles. The summed E-state index contributed by atoms with van der Waals surface area (Å²) in [7, 11) is 0. The maximum Gasteiger partial charge on any atom is 0.202 e. The minimum absolute atomic E-state index is 0.00197. The fraction of sp³-hybridized carbons (Fsp3) is 0.222. The average Bonchev–Trinajstić information content (AvgIpc) is 2.55. The first-order chi connectivity index (χ1) is 10.6. The van der Waals surface area contributed by atoms with Gasteiger partial charge in [-0.3, -0.25) is 10.8 Å². The molecule has 2 N–H and O–H groups in total. The molecule has 4 heteroatoms. The molecule has 0 radical (unpaired) electrons. The van der Waals surface area contributed by atoms with Gasteiger partial charge in [0.2, 0.25) is 11.8 Å². The molecule has 0 atom stereocenters. The van der Waals surface area contributed by atoms with Crippen LogP contribution in [0.25, 0.3) is 0 Å². The van der Waals surface area contributed by atoms with Gasteiger partial charge in [-0.25, -0.2) is 0 Å². The Kier molecular flexibility index (Phi) is 4.94. The van der Waals surface area contributed by atoms with Gasteiger partial charge in [0.1, 0.15) is 16.9 Å². The molecule has 0 bridgehead atoms. The monoisotopic (exact) mass is 296 g/mol. The number of para-hydroxylation sites is 2. The van der Waals surface area contributed by atoms with Crippen molar-refractivity contribution in [2.24, 2.45) is 5.41 Å². The lowest BCUT2D eigenvalue weighted by Crippen LogP contribution is -2.41. The number of ether oxygens (including phenoxy) is 2. The van der Waals surface area contributed by atoms with E-state index in [0.717, 1.165) is 0 Å². The van der Waals surface area contributed by atoms with Crippen LogP contribution in [-0.2, 0) is 0 Å². The SMILES string of the molecule is CCC(C)(C(=N)Oc1ccccc1)C(=N)Oc1ccccc1. The summed E-state index contributed by atoms with van der Waals surface area (Å²) in [4.78, 5) is 0. The van der Waals surface area contributed by atoms with Gasteiger partial charge in [-0.05, 0) is 37.6 Å². The van der Waals surface area contributed by atoms with Crippen LogP contribution in [0.15, 0.2) is 60.7 Å². The highest BCUT2D eigenvalue weighted by Crippen LogP contribution is 2.28. The molecule has 2 aromatic rings. The zero-order valence-electron chi connectivity index (χ0n) is 12.8. The van der Waals surface area contributed by atoms with Gasteiger partial charge in [0, 0.05) is 0 Å². The van der Waals surface area contributed by atoms with Crippen molar-refractivity contribution in [2.75, 3.05) is 0 Å². The van der Waals surface area contributed by atoms with Crippen LogP contribution in [-0.4, -0.2) is 11.8 Å². The number of benzene rings is 2. The highest BCUT2D eigenvalue weighted by Gasteiger charge is 2.37. The van der Waals surface area contributed by atoms with Gasteiger partial charge in [-0.15, -0.1) is 0 Å². The minimum Gasteiger partial charge on any atom is -0.442 e. The van der Waals surface area contributed by atoms with Crippen LogP contribution in [0.1, 0.15) is 20.3 Å². The third kappa shape index (κ3) is 3.52. The average molecular weight is 296 g/mol. The third-order valence-electron chi connectivity index (χ3n) is 3.64. The van der Waals surface area contributed by atoms with Gasteiger partial charge in [-0.2, -0.15) is 0 Å². The van der Waals surface area contributed by atoms with E-state index in [1.54, 1.807) is 31.2 Å². The van der Waals surface area contributed by atoms with Crippen molar-refractivity contribution in [1.29, 1.82) is 10.8 Å². The fourth-order valence-corrected chi connectivity index (χ4v) is 1.86. The number of hydrogen-bond donors (Lipinski definition) is 2. The van der Waals surface area contributed by atoms with Crippen molar-refractivity contribution in [3.63, 3.8) is 0 Å². The molecular weight excluding hydrogens is 276 g/mol. The van der Waals surface area contributed by atoms with Gasteiger partial charge < -0.3 is 9.47 Å². The lowest BCUT2D eigenvalue weighted by molar-refractivity contribution is 0.388. The van der Waals surface area contributed by atoms with Crippen LogP contribution >= 0.6 is 0 Å². The lowest BCUT2D eigenvalue weighted by Gasteiger charge is -2.28. The van der Waals surface area contributed by atoms with E-state index in [1.165, 1.54) is 0 Å². The van der Waals surface area contributed by atoms with E-state index in [2.05, 4.69) is 0 Å². The molecule has 0 fully saturated rings. The largest absolute Gasteiger partial charge is 0.442 e. The Morgan fingerprint density at radius 1 is 0.818 bits per heavy atom. The van der Waals surface area contributed by atoms with Gasteiger partial charge in [0.05, 0.1) is 0 Å². The van der Waals surface area contributed by atoms with Gasteiger partial charge >= 0.3 is 0 Å². The van der Waals surface area contributed by atoms with Crippen LogP contribution in [0.5, 0.6) is 11.5 Å². The fourth-order valence-electron chi connectivity index (χ4n) is 1.86. The van der Waals surface area contributed by atoms with Crippen molar-refractivity contribution in [3.8, 4) is 11.5 Å². The van der Waals surface area contributed by atoms with Crippen molar-refractivity contribution >= 4 is 11.8 Å². The van der Waals surface area contributed by atoms with Crippen molar-refractivity contribution in [2.45, 2.75) is 20.3 Å². The number of hydrogen-bond acceptors (Lipinski definition) is 4. The molecule has 0 aliphatic carbocycles. The number of rotatable bonds is 5.